The molecule has 96 valence electrons. The minimum absolute atomic E-state index is 0.374. The van der Waals surface area contributed by atoms with Crippen molar-refractivity contribution in [2.24, 2.45) is 0 Å². The van der Waals surface area contributed by atoms with E-state index in [1.54, 1.807) is 12.5 Å². The third-order valence-corrected chi connectivity index (χ3v) is 2.82. The van der Waals surface area contributed by atoms with Crippen LogP contribution in [-0.2, 0) is 9.47 Å². The van der Waals surface area contributed by atoms with Gasteiger partial charge in [0.1, 0.15) is 24.0 Å². The number of aryl methyl sites for hydroxylation is 1. The van der Waals surface area contributed by atoms with E-state index >= 15 is 0 Å². The molecule has 0 amide bonds. The quantitative estimate of drug-likeness (QED) is 0.817. The fourth-order valence-corrected chi connectivity index (χ4v) is 1.94. The van der Waals surface area contributed by atoms with Crippen LogP contribution in [0.15, 0.2) is 61.1 Å². The first-order valence-corrected chi connectivity index (χ1v) is 6.12. The second-order valence-corrected chi connectivity index (χ2v) is 4.37. The van der Waals surface area contributed by atoms with Gasteiger partial charge >= 0.3 is 0 Å². The zero-order chi connectivity index (χ0) is 13.1. The fourth-order valence-electron chi connectivity index (χ4n) is 1.94. The Morgan fingerprint density at radius 3 is 2.32 bits per heavy atom. The molecule has 2 aromatic rings. The molecule has 0 spiro atoms. The summed E-state index contributed by atoms with van der Waals surface area (Å²) in [5, 5.41) is 0. The highest BCUT2D eigenvalue weighted by atomic mass is 16.7. The topological polar surface area (TPSA) is 27.7 Å². The first kappa shape index (κ1) is 11.7. The van der Waals surface area contributed by atoms with Crippen LogP contribution in [0.1, 0.15) is 17.4 Å². The summed E-state index contributed by atoms with van der Waals surface area (Å²) >= 11 is 0. The predicted molar refractivity (Wildman–Crippen MR) is 71.7 cm³/mol. The first-order chi connectivity index (χ1) is 9.31. The molecule has 3 heteroatoms. The lowest BCUT2D eigenvalue weighted by molar-refractivity contribution is -0.0247. The van der Waals surface area contributed by atoms with Crippen LogP contribution in [0, 0.1) is 6.92 Å². The Morgan fingerprint density at radius 2 is 1.58 bits per heavy atom. The Bertz CT molecular complexity index is 596. The first-order valence-electron chi connectivity index (χ1n) is 6.12. The average molecular weight is 254 g/mol. The summed E-state index contributed by atoms with van der Waals surface area (Å²) < 4.78 is 16.4. The monoisotopic (exact) mass is 254 g/mol. The van der Waals surface area contributed by atoms with E-state index in [9.17, 15) is 0 Å². The van der Waals surface area contributed by atoms with Crippen molar-refractivity contribution in [2.45, 2.75) is 13.2 Å². The van der Waals surface area contributed by atoms with Crippen molar-refractivity contribution >= 4 is 0 Å². The Morgan fingerprint density at radius 1 is 0.895 bits per heavy atom. The minimum Gasteiger partial charge on any atom is -0.457 e. The van der Waals surface area contributed by atoms with E-state index in [1.165, 1.54) is 5.56 Å². The zero-order valence-corrected chi connectivity index (χ0v) is 10.6. The molecular weight excluding hydrogens is 240 g/mol. The van der Waals surface area contributed by atoms with Gasteiger partial charge in [0.25, 0.3) is 6.29 Å². The summed E-state index contributed by atoms with van der Waals surface area (Å²) in [5.74, 6) is 1.59. The van der Waals surface area contributed by atoms with Crippen LogP contribution in [0.5, 0.6) is 11.5 Å². The molecule has 0 radical (unpaired) electrons. The van der Waals surface area contributed by atoms with Crippen LogP contribution < -0.4 is 4.74 Å². The lowest BCUT2D eigenvalue weighted by Gasteiger charge is -2.12. The molecule has 0 atom stereocenters. The highest BCUT2D eigenvalue weighted by molar-refractivity contribution is 5.36. The molecule has 0 saturated carbocycles. The Kier molecular flexibility index (Phi) is 3.11. The molecule has 19 heavy (non-hydrogen) atoms. The minimum atomic E-state index is -0.374. The molecule has 0 aliphatic carbocycles. The van der Waals surface area contributed by atoms with E-state index in [4.69, 9.17) is 14.2 Å². The highest BCUT2D eigenvalue weighted by Gasteiger charge is 2.15. The largest absolute Gasteiger partial charge is 0.457 e. The Hall–Kier alpha value is -2.42. The van der Waals surface area contributed by atoms with E-state index in [2.05, 4.69) is 0 Å². The van der Waals surface area contributed by atoms with Gasteiger partial charge in [0.2, 0.25) is 0 Å². The summed E-state index contributed by atoms with van der Waals surface area (Å²) in [4.78, 5) is 0. The fraction of sp³-hybridized carbons (Fsp3) is 0.125. The molecule has 1 aliphatic rings. The lowest BCUT2D eigenvalue weighted by Crippen LogP contribution is -1.97. The maximum absolute atomic E-state index is 5.83. The number of hydrogen-bond donors (Lipinski definition) is 0. The number of ether oxygens (including phenoxy) is 3. The molecular formula is C16H14O3. The summed E-state index contributed by atoms with van der Waals surface area (Å²) in [6, 6.07) is 15.6. The van der Waals surface area contributed by atoms with Gasteiger partial charge < -0.3 is 14.2 Å². The van der Waals surface area contributed by atoms with Gasteiger partial charge in [-0.25, -0.2) is 0 Å². The van der Waals surface area contributed by atoms with Gasteiger partial charge in [0.15, 0.2) is 0 Å². The molecule has 0 aromatic heterocycles. The standard InChI is InChI=1S/C16H14O3/c1-12-4-2-6-14(10-12)19-15-7-3-5-13(11-15)16-17-8-9-18-16/h2-11,16H,1H3. The van der Waals surface area contributed by atoms with Crippen molar-refractivity contribution in [3.63, 3.8) is 0 Å². The smallest absolute Gasteiger partial charge is 0.266 e. The molecule has 1 heterocycles. The summed E-state index contributed by atoms with van der Waals surface area (Å²) in [6.45, 7) is 2.04. The van der Waals surface area contributed by atoms with Crippen molar-refractivity contribution in [1.29, 1.82) is 0 Å². The van der Waals surface area contributed by atoms with Crippen LogP contribution in [0.4, 0.5) is 0 Å². The van der Waals surface area contributed by atoms with Crippen molar-refractivity contribution in [3.05, 3.63) is 72.2 Å². The van der Waals surface area contributed by atoms with Gasteiger partial charge in [-0.1, -0.05) is 24.3 Å². The normalized spacial score (nSPS) is 13.9. The summed E-state index contributed by atoms with van der Waals surface area (Å²) in [7, 11) is 0. The molecule has 2 aromatic carbocycles. The van der Waals surface area contributed by atoms with E-state index in [0.29, 0.717) is 0 Å². The zero-order valence-electron chi connectivity index (χ0n) is 10.6. The molecule has 0 fully saturated rings. The molecule has 3 nitrogen and oxygen atoms in total. The lowest BCUT2D eigenvalue weighted by atomic mass is 10.2. The number of hydrogen-bond acceptors (Lipinski definition) is 3. The average Bonchev–Trinajstić information content (AvgIpc) is 2.93. The SMILES string of the molecule is Cc1cccc(Oc2cccc(C3OC=CO3)c2)c1. The van der Waals surface area contributed by atoms with Crippen LogP contribution in [0.3, 0.4) is 0 Å². The van der Waals surface area contributed by atoms with Gasteiger partial charge in [0, 0.05) is 5.56 Å². The maximum atomic E-state index is 5.83. The third-order valence-electron chi connectivity index (χ3n) is 2.82. The molecule has 1 aliphatic heterocycles. The van der Waals surface area contributed by atoms with Crippen molar-refractivity contribution in [2.75, 3.05) is 0 Å². The van der Waals surface area contributed by atoms with E-state index < -0.39 is 0 Å². The molecule has 3 rings (SSSR count). The van der Waals surface area contributed by atoms with Gasteiger partial charge in [-0.3, -0.25) is 0 Å². The van der Waals surface area contributed by atoms with Crippen LogP contribution in [0.25, 0.3) is 0 Å². The van der Waals surface area contributed by atoms with Crippen LogP contribution >= 0.6 is 0 Å². The maximum Gasteiger partial charge on any atom is 0.266 e. The second kappa shape index (κ2) is 5.06. The van der Waals surface area contributed by atoms with Gasteiger partial charge in [-0.15, -0.1) is 0 Å². The number of benzene rings is 2. The van der Waals surface area contributed by atoms with Gasteiger partial charge in [-0.2, -0.15) is 0 Å². The highest BCUT2D eigenvalue weighted by Crippen LogP contribution is 2.29. The van der Waals surface area contributed by atoms with Crippen LogP contribution in [-0.4, -0.2) is 0 Å². The Labute approximate surface area is 112 Å². The predicted octanol–water partition coefficient (Wildman–Crippen LogP) is 4.30. The van der Waals surface area contributed by atoms with E-state index in [1.807, 2.05) is 55.5 Å². The van der Waals surface area contributed by atoms with Crippen molar-refractivity contribution in [3.8, 4) is 11.5 Å². The van der Waals surface area contributed by atoms with Crippen molar-refractivity contribution in [1.82, 2.24) is 0 Å². The summed E-state index contributed by atoms with van der Waals surface area (Å²) in [6.07, 6.45) is 2.71. The molecule has 0 unspecified atom stereocenters. The second-order valence-electron chi connectivity index (χ2n) is 4.37. The van der Waals surface area contributed by atoms with Crippen molar-refractivity contribution < 1.29 is 14.2 Å². The van der Waals surface area contributed by atoms with E-state index in [-0.39, 0.29) is 6.29 Å². The Balaban J connectivity index is 1.79. The summed E-state index contributed by atoms with van der Waals surface area (Å²) in [5.41, 5.74) is 2.09. The van der Waals surface area contributed by atoms with E-state index in [0.717, 1.165) is 17.1 Å². The van der Waals surface area contributed by atoms with Crippen LogP contribution in [0.2, 0.25) is 0 Å². The van der Waals surface area contributed by atoms with Gasteiger partial charge in [0.05, 0.1) is 0 Å². The molecule has 0 saturated heterocycles. The third kappa shape index (κ3) is 2.71. The molecule has 0 N–H and O–H groups in total. The number of rotatable bonds is 3. The molecule has 0 bridgehead atoms. The van der Waals surface area contributed by atoms with Gasteiger partial charge in [-0.05, 0) is 36.8 Å².